The van der Waals surface area contributed by atoms with E-state index < -0.39 is 0 Å². The molecule has 0 spiro atoms. The number of anilines is 1. The summed E-state index contributed by atoms with van der Waals surface area (Å²) in [7, 11) is 0. The van der Waals surface area contributed by atoms with Gasteiger partial charge in [0.25, 0.3) is 0 Å². The van der Waals surface area contributed by atoms with Gasteiger partial charge in [0.05, 0.1) is 11.1 Å². The quantitative estimate of drug-likeness (QED) is 0.827. The van der Waals surface area contributed by atoms with Crippen LogP contribution in [0.1, 0.15) is 75.8 Å². The Balaban J connectivity index is 1.18. The van der Waals surface area contributed by atoms with Gasteiger partial charge < -0.3 is 10.2 Å². The molecule has 0 radical (unpaired) electrons. The first-order valence-corrected chi connectivity index (χ1v) is 12.0. The molecule has 5 nitrogen and oxygen atoms in total. The predicted molar refractivity (Wildman–Crippen MR) is 108 cm³/mol. The topological polar surface area (TPSA) is 62.3 Å². The molecule has 150 valence electrons. The van der Waals surface area contributed by atoms with Crippen LogP contribution in [-0.4, -0.2) is 34.3 Å². The molecule has 7 rings (SSSR count). The van der Waals surface area contributed by atoms with Crippen LogP contribution in [0.5, 0.6) is 0 Å². The Morgan fingerprint density at radius 1 is 1.07 bits per heavy atom. The molecule has 2 heterocycles. The molecule has 5 aliphatic carbocycles. The van der Waals surface area contributed by atoms with E-state index in [0.29, 0.717) is 17.0 Å². The molecule has 28 heavy (non-hydrogen) atoms. The largest absolute Gasteiger partial charge is 0.330 e. The van der Waals surface area contributed by atoms with E-state index in [0.717, 1.165) is 62.1 Å². The maximum atomic E-state index is 13.7. The number of nitrogens with one attached hydrogen (secondary N) is 1. The van der Waals surface area contributed by atoms with E-state index in [-0.39, 0.29) is 17.4 Å². The number of amides is 2. The van der Waals surface area contributed by atoms with Gasteiger partial charge in [-0.05, 0) is 82.0 Å². The molecule has 6 heteroatoms. The molecule has 1 N–H and O–H groups in total. The number of likely N-dealkylation sites (tertiary alicyclic amines) is 1. The summed E-state index contributed by atoms with van der Waals surface area (Å²) >= 11 is 1.52. The molecule has 2 amide bonds. The van der Waals surface area contributed by atoms with Crippen LogP contribution in [0.3, 0.4) is 0 Å². The highest BCUT2D eigenvalue weighted by molar-refractivity contribution is 7.13. The molecule has 4 bridgehead atoms. The first-order chi connectivity index (χ1) is 13.6. The predicted octanol–water partition coefficient (Wildman–Crippen LogP) is 4.17. The van der Waals surface area contributed by atoms with Gasteiger partial charge in [-0.2, -0.15) is 0 Å². The van der Waals surface area contributed by atoms with Crippen molar-refractivity contribution in [3.8, 4) is 0 Å². The van der Waals surface area contributed by atoms with E-state index in [1.165, 1.54) is 43.4 Å². The maximum Gasteiger partial charge on any atom is 0.248 e. The SMILES string of the molecule is O=C(Nc1nc(C2CC2)cs1)C1CCCN1C(=O)C12CC3CC(CC(C3)C1)C2. The number of rotatable bonds is 4. The van der Waals surface area contributed by atoms with Crippen molar-refractivity contribution in [1.82, 2.24) is 9.88 Å². The van der Waals surface area contributed by atoms with Crippen LogP contribution in [0, 0.1) is 23.2 Å². The third-order valence-electron chi connectivity index (χ3n) is 8.06. The lowest BCUT2D eigenvalue weighted by Gasteiger charge is -2.56. The Morgan fingerprint density at radius 2 is 1.75 bits per heavy atom. The highest BCUT2D eigenvalue weighted by Gasteiger charge is 2.56. The van der Waals surface area contributed by atoms with Crippen LogP contribution in [0.4, 0.5) is 5.13 Å². The fraction of sp³-hybridized carbons (Fsp3) is 0.773. The summed E-state index contributed by atoms with van der Waals surface area (Å²) < 4.78 is 0. The lowest BCUT2D eigenvalue weighted by Crippen LogP contribution is -2.56. The Bertz CT molecular complexity index is 779. The van der Waals surface area contributed by atoms with Crippen LogP contribution in [0.15, 0.2) is 5.38 Å². The van der Waals surface area contributed by atoms with Crippen LogP contribution in [-0.2, 0) is 9.59 Å². The third-order valence-corrected chi connectivity index (χ3v) is 8.83. The second-order valence-corrected chi connectivity index (χ2v) is 11.1. The van der Waals surface area contributed by atoms with E-state index >= 15 is 0 Å². The standard InChI is InChI=1S/C22H29N3O2S/c26-19(24-21-23-17(12-28-21)16-3-4-16)18-2-1-5-25(18)20(27)22-9-13-6-14(10-22)8-15(7-13)11-22/h12-16,18H,1-11H2,(H,23,24,26). The van der Waals surface area contributed by atoms with Gasteiger partial charge in [0.2, 0.25) is 11.8 Å². The number of carbonyl (C=O) groups is 2. The zero-order chi connectivity index (χ0) is 18.9. The van der Waals surface area contributed by atoms with Crippen LogP contribution < -0.4 is 5.32 Å². The molecule has 1 unspecified atom stereocenters. The number of nitrogens with zero attached hydrogens (tertiary/aromatic N) is 2. The molecular weight excluding hydrogens is 370 g/mol. The number of thiazole rings is 1. The summed E-state index contributed by atoms with van der Waals surface area (Å²) in [4.78, 5) is 33.2. The van der Waals surface area contributed by atoms with Crippen molar-refractivity contribution in [2.24, 2.45) is 23.2 Å². The summed E-state index contributed by atoms with van der Waals surface area (Å²) in [5.74, 6) is 3.11. The second-order valence-electron chi connectivity index (χ2n) is 10.2. The molecule has 6 fully saturated rings. The molecule has 6 aliphatic rings. The van der Waals surface area contributed by atoms with Gasteiger partial charge >= 0.3 is 0 Å². The zero-order valence-corrected chi connectivity index (χ0v) is 17.2. The van der Waals surface area contributed by atoms with Crippen molar-refractivity contribution in [3.63, 3.8) is 0 Å². The molecule has 1 aromatic rings. The molecule has 1 aliphatic heterocycles. The van der Waals surface area contributed by atoms with Crippen molar-refractivity contribution >= 4 is 28.3 Å². The van der Waals surface area contributed by atoms with Gasteiger partial charge in [0.15, 0.2) is 5.13 Å². The monoisotopic (exact) mass is 399 g/mol. The maximum absolute atomic E-state index is 13.7. The van der Waals surface area contributed by atoms with Gasteiger partial charge in [-0.15, -0.1) is 11.3 Å². The Hall–Kier alpha value is -1.43. The Labute approximate surface area is 170 Å². The first kappa shape index (κ1) is 17.4. The zero-order valence-electron chi connectivity index (χ0n) is 16.4. The van der Waals surface area contributed by atoms with Crippen molar-refractivity contribution in [2.75, 3.05) is 11.9 Å². The molecule has 1 saturated heterocycles. The van der Waals surface area contributed by atoms with Gasteiger partial charge in [-0.25, -0.2) is 4.98 Å². The van der Waals surface area contributed by atoms with E-state index in [1.807, 2.05) is 4.90 Å². The van der Waals surface area contributed by atoms with E-state index in [9.17, 15) is 9.59 Å². The van der Waals surface area contributed by atoms with E-state index in [2.05, 4.69) is 15.7 Å². The Kier molecular flexibility index (Phi) is 3.91. The number of hydrogen-bond donors (Lipinski definition) is 1. The number of carbonyl (C=O) groups excluding carboxylic acids is 2. The van der Waals surface area contributed by atoms with Gasteiger partial charge in [-0.1, -0.05) is 0 Å². The highest BCUT2D eigenvalue weighted by Crippen LogP contribution is 2.60. The van der Waals surface area contributed by atoms with Crippen LogP contribution >= 0.6 is 11.3 Å². The Morgan fingerprint density at radius 3 is 2.39 bits per heavy atom. The second kappa shape index (κ2) is 6.28. The average Bonchev–Trinajstić information content (AvgIpc) is 3.21. The average molecular weight is 400 g/mol. The van der Waals surface area contributed by atoms with E-state index in [4.69, 9.17) is 0 Å². The van der Waals surface area contributed by atoms with Gasteiger partial charge in [0, 0.05) is 17.8 Å². The summed E-state index contributed by atoms with van der Waals surface area (Å²) in [5.41, 5.74) is 0.964. The fourth-order valence-corrected chi connectivity index (χ4v) is 7.85. The number of aromatic nitrogens is 1. The van der Waals surface area contributed by atoms with E-state index in [1.54, 1.807) is 0 Å². The minimum Gasteiger partial charge on any atom is -0.330 e. The molecule has 0 aromatic carbocycles. The molecule has 1 atom stereocenters. The van der Waals surface area contributed by atoms with Crippen molar-refractivity contribution < 1.29 is 9.59 Å². The fourth-order valence-electron chi connectivity index (χ4n) is 7.06. The highest BCUT2D eigenvalue weighted by atomic mass is 32.1. The van der Waals surface area contributed by atoms with Crippen LogP contribution in [0.25, 0.3) is 0 Å². The van der Waals surface area contributed by atoms with Gasteiger partial charge in [-0.3, -0.25) is 9.59 Å². The first-order valence-electron chi connectivity index (χ1n) is 11.2. The number of hydrogen-bond acceptors (Lipinski definition) is 4. The minimum absolute atomic E-state index is 0.0349. The van der Waals surface area contributed by atoms with Crippen molar-refractivity contribution in [2.45, 2.75) is 76.2 Å². The van der Waals surface area contributed by atoms with Crippen LogP contribution in [0.2, 0.25) is 0 Å². The summed E-state index contributed by atoms with van der Waals surface area (Å²) in [5, 5.41) is 5.79. The van der Waals surface area contributed by atoms with Gasteiger partial charge in [0.1, 0.15) is 6.04 Å². The molecule has 1 aromatic heterocycles. The molecular formula is C22H29N3O2S. The van der Waals surface area contributed by atoms with Crippen molar-refractivity contribution in [1.29, 1.82) is 0 Å². The molecule has 5 saturated carbocycles. The summed E-state index contributed by atoms with van der Waals surface area (Å²) in [6.07, 6.45) is 11.4. The van der Waals surface area contributed by atoms with Crippen molar-refractivity contribution in [3.05, 3.63) is 11.1 Å². The lowest BCUT2D eigenvalue weighted by molar-refractivity contribution is -0.160. The summed E-state index contributed by atoms with van der Waals surface area (Å²) in [6, 6.07) is -0.311. The normalized spacial score (nSPS) is 38.8. The lowest BCUT2D eigenvalue weighted by atomic mass is 9.49. The summed E-state index contributed by atoms with van der Waals surface area (Å²) in [6.45, 7) is 0.740. The minimum atomic E-state index is -0.311. The smallest absolute Gasteiger partial charge is 0.248 e. The third kappa shape index (κ3) is 2.82.